The van der Waals surface area contributed by atoms with Crippen molar-refractivity contribution in [3.63, 3.8) is 0 Å². The molecule has 2 unspecified atom stereocenters. The minimum Gasteiger partial charge on any atom is -0.495 e. The minimum atomic E-state index is -0.316. The predicted molar refractivity (Wildman–Crippen MR) is 106 cm³/mol. The zero-order valence-corrected chi connectivity index (χ0v) is 16.4. The van der Waals surface area contributed by atoms with Gasteiger partial charge in [0.2, 0.25) is 11.8 Å². The van der Waals surface area contributed by atoms with Gasteiger partial charge >= 0.3 is 0 Å². The van der Waals surface area contributed by atoms with E-state index in [-0.39, 0.29) is 23.7 Å². The molecular weight excluding hydrogens is 364 g/mol. The van der Waals surface area contributed by atoms with E-state index < -0.39 is 0 Å². The summed E-state index contributed by atoms with van der Waals surface area (Å²) in [5, 5.41) is 6.33. The van der Waals surface area contributed by atoms with Gasteiger partial charge in [-0.1, -0.05) is 41.4 Å². The maximum atomic E-state index is 12.5. The van der Waals surface area contributed by atoms with E-state index in [1.807, 2.05) is 38.1 Å². The highest BCUT2D eigenvalue weighted by Crippen LogP contribution is 2.40. The molecule has 2 amide bonds. The quantitative estimate of drug-likeness (QED) is 0.792. The van der Waals surface area contributed by atoms with Gasteiger partial charge in [-0.25, -0.2) is 0 Å². The first-order chi connectivity index (χ1) is 12.9. The first-order valence-corrected chi connectivity index (χ1v) is 9.25. The van der Waals surface area contributed by atoms with Crippen molar-refractivity contribution in [3.05, 3.63) is 58.1 Å². The summed E-state index contributed by atoms with van der Waals surface area (Å²) in [7, 11) is 1.52. The van der Waals surface area contributed by atoms with E-state index in [9.17, 15) is 9.59 Å². The van der Waals surface area contributed by atoms with Crippen molar-refractivity contribution in [2.45, 2.75) is 26.8 Å². The molecule has 27 heavy (non-hydrogen) atoms. The summed E-state index contributed by atoms with van der Waals surface area (Å²) in [4.78, 5) is 24.8. The monoisotopic (exact) mass is 386 g/mol. The standard InChI is InChI=1S/C21H23ClN2O3/c1-12-4-6-14(7-5-12)11-23-20(25)15-9-16(15)21(26)24-18-8-13(2)17(22)10-19(18)27-3/h4-8,10,15-16H,9,11H2,1-3H3,(H,23,25)(H,24,26). The van der Waals surface area contributed by atoms with Crippen molar-refractivity contribution in [1.29, 1.82) is 0 Å². The van der Waals surface area contributed by atoms with E-state index in [0.717, 1.165) is 11.1 Å². The number of amides is 2. The topological polar surface area (TPSA) is 67.4 Å². The SMILES string of the molecule is COc1cc(Cl)c(C)cc1NC(=O)C1CC1C(=O)NCc1ccc(C)cc1. The number of carbonyl (C=O) groups excluding carboxylic acids is 2. The van der Waals surface area contributed by atoms with E-state index >= 15 is 0 Å². The fourth-order valence-electron chi connectivity index (χ4n) is 2.96. The average Bonchev–Trinajstić information content (AvgIpc) is 3.45. The van der Waals surface area contributed by atoms with Crippen LogP contribution in [0, 0.1) is 25.7 Å². The van der Waals surface area contributed by atoms with Crippen LogP contribution in [0.2, 0.25) is 5.02 Å². The van der Waals surface area contributed by atoms with Crippen LogP contribution in [-0.4, -0.2) is 18.9 Å². The van der Waals surface area contributed by atoms with Gasteiger partial charge in [0.1, 0.15) is 5.75 Å². The van der Waals surface area contributed by atoms with Crippen LogP contribution in [0.4, 0.5) is 5.69 Å². The lowest BCUT2D eigenvalue weighted by Crippen LogP contribution is -2.27. The normalized spacial score (nSPS) is 17.9. The maximum Gasteiger partial charge on any atom is 0.228 e. The fraction of sp³-hybridized carbons (Fsp3) is 0.333. The number of carbonyl (C=O) groups is 2. The van der Waals surface area contributed by atoms with Gasteiger partial charge in [-0.3, -0.25) is 9.59 Å². The Kier molecular flexibility index (Phi) is 5.71. The molecule has 1 aliphatic rings. The van der Waals surface area contributed by atoms with Crippen LogP contribution in [0.5, 0.6) is 5.75 Å². The molecule has 2 N–H and O–H groups in total. The number of rotatable bonds is 6. The third-order valence-electron chi connectivity index (χ3n) is 4.79. The van der Waals surface area contributed by atoms with E-state index in [4.69, 9.17) is 16.3 Å². The van der Waals surface area contributed by atoms with Crippen molar-refractivity contribution in [3.8, 4) is 5.75 Å². The molecule has 2 atom stereocenters. The van der Waals surface area contributed by atoms with Gasteiger partial charge < -0.3 is 15.4 Å². The van der Waals surface area contributed by atoms with Crippen LogP contribution >= 0.6 is 11.6 Å². The summed E-state index contributed by atoms with van der Waals surface area (Å²) in [6.45, 7) is 4.34. The molecule has 0 spiro atoms. The van der Waals surface area contributed by atoms with Crippen molar-refractivity contribution < 1.29 is 14.3 Å². The summed E-state index contributed by atoms with van der Waals surface area (Å²) in [6, 6.07) is 11.4. The Morgan fingerprint density at radius 1 is 1.11 bits per heavy atom. The third-order valence-corrected chi connectivity index (χ3v) is 5.20. The molecule has 1 fully saturated rings. The molecule has 5 nitrogen and oxygen atoms in total. The van der Waals surface area contributed by atoms with Gasteiger partial charge in [-0.15, -0.1) is 0 Å². The number of methoxy groups -OCH3 is 1. The zero-order chi connectivity index (χ0) is 19.6. The lowest BCUT2D eigenvalue weighted by Gasteiger charge is -2.12. The number of hydrogen-bond donors (Lipinski definition) is 2. The molecular formula is C21H23ClN2O3. The molecule has 0 radical (unpaired) electrons. The van der Waals surface area contributed by atoms with E-state index in [0.29, 0.717) is 29.4 Å². The van der Waals surface area contributed by atoms with Crippen LogP contribution in [0.1, 0.15) is 23.1 Å². The molecule has 0 heterocycles. The molecule has 3 rings (SSSR count). The second kappa shape index (κ2) is 8.01. The zero-order valence-electron chi connectivity index (χ0n) is 15.6. The molecule has 0 aromatic heterocycles. The summed E-state index contributed by atoms with van der Waals surface area (Å²) in [5.74, 6) is -0.362. The highest BCUT2D eigenvalue weighted by atomic mass is 35.5. The summed E-state index contributed by atoms with van der Waals surface area (Å²) in [5.41, 5.74) is 3.62. The minimum absolute atomic E-state index is 0.0880. The highest BCUT2D eigenvalue weighted by molar-refractivity contribution is 6.31. The van der Waals surface area contributed by atoms with Gasteiger partial charge in [-0.2, -0.15) is 0 Å². The maximum absolute atomic E-state index is 12.5. The first kappa shape index (κ1) is 19.2. The van der Waals surface area contributed by atoms with Crippen LogP contribution in [0.25, 0.3) is 0 Å². The van der Waals surface area contributed by atoms with Crippen LogP contribution in [0.15, 0.2) is 36.4 Å². The molecule has 2 aromatic carbocycles. The highest BCUT2D eigenvalue weighted by Gasteiger charge is 2.48. The molecule has 2 aromatic rings. The Balaban J connectivity index is 1.55. The van der Waals surface area contributed by atoms with Crippen molar-refractivity contribution in [1.82, 2.24) is 5.32 Å². The molecule has 142 valence electrons. The van der Waals surface area contributed by atoms with Gasteiger partial charge in [0.25, 0.3) is 0 Å². The van der Waals surface area contributed by atoms with Gasteiger partial charge in [0, 0.05) is 17.6 Å². The first-order valence-electron chi connectivity index (χ1n) is 8.87. The predicted octanol–water partition coefficient (Wildman–Crippen LogP) is 3.86. The van der Waals surface area contributed by atoms with E-state index in [1.165, 1.54) is 12.7 Å². The van der Waals surface area contributed by atoms with Gasteiger partial charge in [-0.05, 0) is 37.5 Å². The van der Waals surface area contributed by atoms with Crippen LogP contribution in [-0.2, 0) is 16.1 Å². The van der Waals surface area contributed by atoms with Crippen molar-refractivity contribution in [2.24, 2.45) is 11.8 Å². The largest absolute Gasteiger partial charge is 0.495 e. The number of anilines is 1. The smallest absolute Gasteiger partial charge is 0.228 e. The van der Waals surface area contributed by atoms with Gasteiger partial charge in [0.15, 0.2) is 0 Å². The number of nitrogens with one attached hydrogen (secondary N) is 2. The summed E-state index contributed by atoms with van der Waals surface area (Å²) >= 11 is 6.09. The van der Waals surface area contributed by atoms with Gasteiger partial charge in [0.05, 0.1) is 24.6 Å². The number of aryl methyl sites for hydroxylation is 2. The molecule has 1 saturated carbocycles. The second-order valence-electron chi connectivity index (χ2n) is 6.94. The summed E-state index contributed by atoms with van der Waals surface area (Å²) < 4.78 is 5.27. The van der Waals surface area contributed by atoms with E-state index in [2.05, 4.69) is 10.6 Å². The van der Waals surface area contributed by atoms with Crippen molar-refractivity contribution >= 4 is 29.1 Å². The Morgan fingerprint density at radius 2 is 1.78 bits per heavy atom. The Morgan fingerprint density at radius 3 is 2.44 bits per heavy atom. The molecule has 0 bridgehead atoms. The molecule has 1 aliphatic carbocycles. The fourth-order valence-corrected chi connectivity index (χ4v) is 3.11. The Bertz CT molecular complexity index is 864. The Labute approximate surface area is 164 Å². The molecule has 6 heteroatoms. The number of halogens is 1. The Hall–Kier alpha value is -2.53. The lowest BCUT2D eigenvalue weighted by atomic mass is 10.1. The molecule has 0 aliphatic heterocycles. The summed E-state index contributed by atoms with van der Waals surface area (Å²) in [6.07, 6.45) is 0.556. The van der Waals surface area contributed by atoms with E-state index in [1.54, 1.807) is 12.1 Å². The van der Waals surface area contributed by atoms with Crippen LogP contribution < -0.4 is 15.4 Å². The second-order valence-corrected chi connectivity index (χ2v) is 7.35. The lowest BCUT2D eigenvalue weighted by molar-refractivity contribution is -0.125. The third kappa shape index (κ3) is 4.61. The van der Waals surface area contributed by atoms with Crippen molar-refractivity contribution in [2.75, 3.05) is 12.4 Å². The number of ether oxygens (including phenoxy) is 1. The average molecular weight is 387 g/mol. The number of benzene rings is 2. The van der Waals surface area contributed by atoms with Crippen LogP contribution in [0.3, 0.4) is 0 Å². The number of hydrogen-bond acceptors (Lipinski definition) is 3. The molecule has 0 saturated heterocycles.